The first kappa shape index (κ1) is 66.7. The highest BCUT2D eigenvalue weighted by Gasteiger charge is 2.34. The summed E-state index contributed by atoms with van der Waals surface area (Å²) >= 11 is 0. The fourth-order valence-corrected chi connectivity index (χ4v) is 7.67. The van der Waals surface area contributed by atoms with Crippen LogP contribution in [0.3, 0.4) is 0 Å². The third-order valence-electron chi connectivity index (χ3n) is 10.8. The third-order valence-corrected chi connectivity index (χ3v) is 10.8. The molecule has 1 heterocycles. The molecular weight excluding hydrogens is 983 g/mol. The van der Waals surface area contributed by atoms with Crippen LogP contribution in [-0.2, 0) is 68.6 Å². The van der Waals surface area contributed by atoms with Gasteiger partial charge in [0.25, 0.3) is 0 Å². The van der Waals surface area contributed by atoms with Crippen LogP contribution >= 0.6 is 0 Å². The maximum atomic E-state index is 14.3. The molecule has 1 fully saturated rings. The molecule has 0 radical (unpaired) electrons. The number of hydrogen-bond acceptors (Lipinski definition) is 18. The van der Waals surface area contributed by atoms with Gasteiger partial charge in [-0.2, -0.15) is 0 Å². The Kier molecular flexibility index (Phi) is 27.3. The van der Waals surface area contributed by atoms with Crippen LogP contribution in [0, 0.1) is 0 Å². The first-order valence-corrected chi connectivity index (χ1v) is 26.6. The van der Waals surface area contributed by atoms with Crippen molar-refractivity contribution in [1.29, 1.82) is 0 Å². The van der Waals surface area contributed by atoms with E-state index >= 15 is 0 Å². The molecule has 0 bridgehead atoms. The molecule has 1 saturated heterocycles. The lowest BCUT2D eigenvalue weighted by atomic mass is 10.1. The van der Waals surface area contributed by atoms with Crippen molar-refractivity contribution in [3.05, 3.63) is 35.9 Å². The van der Waals surface area contributed by atoms with Gasteiger partial charge in [0.1, 0.15) is 46.7 Å². The summed E-state index contributed by atoms with van der Waals surface area (Å²) in [4.78, 5) is 114. The van der Waals surface area contributed by atoms with Gasteiger partial charge in [-0.1, -0.05) is 30.3 Å². The second-order valence-corrected chi connectivity index (χ2v) is 24.1. The number of nitrogens with zero attached hydrogens (tertiary/aromatic N) is 4. The number of unbranched alkanes of at least 4 members (excludes halogenated alkanes) is 1. The van der Waals surface area contributed by atoms with E-state index < -0.39 is 94.4 Å². The number of ether oxygens (including phenoxy) is 6. The lowest BCUT2D eigenvalue weighted by Gasteiger charge is -2.37. The molecular formula is C55H93N7O14. The van der Waals surface area contributed by atoms with Gasteiger partial charge in [-0.15, -0.1) is 0 Å². The summed E-state index contributed by atoms with van der Waals surface area (Å²) in [6.07, 6.45) is 0.285. The molecule has 1 aliphatic rings. The van der Waals surface area contributed by atoms with Crippen molar-refractivity contribution in [2.75, 3.05) is 85.1 Å². The number of benzene rings is 1. The topological polar surface area (TPSA) is 241 Å². The quantitative estimate of drug-likeness (QED) is 0.0805. The number of amides is 3. The summed E-state index contributed by atoms with van der Waals surface area (Å²) in [6.45, 7) is 28.4. The van der Waals surface area contributed by atoms with Crippen molar-refractivity contribution in [3.8, 4) is 0 Å². The van der Waals surface area contributed by atoms with Crippen molar-refractivity contribution in [2.24, 2.45) is 0 Å². The molecule has 0 aromatic heterocycles. The van der Waals surface area contributed by atoms with Crippen molar-refractivity contribution >= 4 is 47.8 Å². The molecule has 21 nitrogen and oxygen atoms in total. The Morgan fingerprint density at radius 3 is 1.36 bits per heavy atom. The van der Waals surface area contributed by atoms with Gasteiger partial charge in [-0.25, -0.2) is 9.59 Å². The predicted octanol–water partition coefficient (Wildman–Crippen LogP) is 4.76. The smallest absolute Gasteiger partial charge is 0.407 e. The van der Waals surface area contributed by atoms with Crippen LogP contribution in [0.25, 0.3) is 0 Å². The Bertz CT molecular complexity index is 1970. The summed E-state index contributed by atoms with van der Waals surface area (Å²) in [5.74, 6) is -3.76. The molecule has 1 aromatic carbocycles. The SMILES string of the molecule is CC(C)(C)OC(=O)CN1CCN(CC(=O)OC(C)(C)C)CCN(C(CCC(=O)NCC(=O)N[C@@H](CCCCNC(=O)OCc2ccccc2)C(=O)OC(C)(C)C)C(=O)OC(C)(C)C)CCN(CC(=O)OC(C)(C)C)CC1. The van der Waals surface area contributed by atoms with E-state index in [1.165, 1.54) is 0 Å². The van der Waals surface area contributed by atoms with Gasteiger partial charge in [-0.3, -0.25) is 48.4 Å². The van der Waals surface area contributed by atoms with Gasteiger partial charge in [0, 0.05) is 65.3 Å². The van der Waals surface area contributed by atoms with Gasteiger partial charge in [-0.05, 0) is 135 Å². The van der Waals surface area contributed by atoms with E-state index in [9.17, 15) is 38.4 Å². The predicted molar refractivity (Wildman–Crippen MR) is 287 cm³/mol. The first-order chi connectivity index (χ1) is 35.0. The summed E-state index contributed by atoms with van der Waals surface area (Å²) in [7, 11) is 0. The first-order valence-electron chi connectivity index (χ1n) is 26.6. The maximum Gasteiger partial charge on any atom is 0.407 e. The molecule has 2 atom stereocenters. The minimum atomic E-state index is -1.04. The molecule has 1 unspecified atom stereocenters. The van der Waals surface area contributed by atoms with E-state index in [0.29, 0.717) is 39.0 Å². The lowest BCUT2D eigenvalue weighted by Crippen LogP contribution is -2.53. The molecule has 0 aliphatic carbocycles. The summed E-state index contributed by atoms with van der Waals surface area (Å²) in [5.41, 5.74) is -3.11. The molecule has 0 saturated carbocycles. The summed E-state index contributed by atoms with van der Waals surface area (Å²) in [6, 6.07) is 7.22. The Labute approximate surface area is 452 Å². The van der Waals surface area contributed by atoms with Crippen LogP contribution in [0.2, 0.25) is 0 Å². The molecule has 76 heavy (non-hydrogen) atoms. The molecule has 432 valence electrons. The summed E-state index contributed by atoms with van der Waals surface area (Å²) in [5, 5.41) is 7.99. The van der Waals surface area contributed by atoms with Crippen LogP contribution in [-0.4, -0.2) is 193 Å². The highest BCUT2D eigenvalue weighted by Crippen LogP contribution is 2.18. The van der Waals surface area contributed by atoms with Gasteiger partial charge in [0.2, 0.25) is 11.8 Å². The average Bonchev–Trinajstić information content (AvgIpc) is 3.24. The van der Waals surface area contributed by atoms with E-state index in [1.807, 2.05) is 49.9 Å². The van der Waals surface area contributed by atoms with Crippen LogP contribution in [0.1, 0.15) is 142 Å². The largest absolute Gasteiger partial charge is 0.459 e. The van der Waals surface area contributed by atoms with Crippen molar-refractivity contribution in [3.63, 3.8) is 0 Å². The Balaban J connectivity index is 2.32. The highest BCUT2D eigenvalue weighted by atomic mass is 16.6. The Morgan fingerprint density at radius 1 is 0.500 bits per heavy atom. The van der Waals surface area contributed by atoms with Crippen LogP contribution in [0.15, 0.2) is 30.3 Å². The van der Waals surface area contributed by atoms with Crippen molar-refractivity contribution < 1.29 is 66.8 Å². The van der Waals surface area contributed by atoms with Gasteiger partial charge < -0.3 is 44.4 Å². The van der Waals surface area contributed by atoms with Gasteiger partial charge in [0.05, 0.1) is 26.2 Å². The van der Waals surface area contributed by atoms with E-state index in [4.69, 9.17) is 28.4 Å². The van der Waals surface area contributed by atoms with Crippen molar-refractivity contribution in [1.82, 2.24) is 35.6 Å². The number of esters is 5. The second kappa shape index (κ2) is 31.1. The van der Waals surface area contributed by atoms with Crippen LogP contribution in [0.4, 0.5) is 4.79 Å². The zero-order valence-electron chi connectivity index (χ0n) is 48.5. The van der Waals surface area contributed by atoms with E-state index in [1.54, 1.807) is 104 Å². The minimum absolute atomic E-state index is 0.0292. The number of nitrogens with one attached hydrogen (secondary N) is 3. The Hall–Kier alpha value is -5.38. The zero-order chi connectivity index (χ0) is 57.5. The fourth-order valence-electron chi connectivity index (χ4n) is 7.67. The number of alkyl carbamates (subject to hydrolysis) is 1. The molecule has 2 rings (SSSR count). The molecule has 1 aromatic rings. The van der Waals surface area contributed by atoms with Gasteiger partial charge in [0.15, 0.2) is 0 Å². The number of carbonyl (C=O) groups excluding carboxylic acids is 8. The van der Waals surface area contributed by atoms with Gasteiger partial charge >= 0.3 is 35.9 Å². The van der Waals surface area contributed by atoms with E-state index in [0.717, 1.165) is 5.56 Å². The highest BCUT2D eigenvalue weighted by molar-refractivity contribution is 5.88. The fraction of sp³-hybridized carbons (Fsp3) is 0.745. The third kappa shape index (κ3) is 32.3. The number of carbonyl (C=O) groups is 8. The molecule has 3 amide bonds. The molecule has 1 aliphatic heterocycles. The van der Waals surface area contributed by atoms with Crippen LogP contribution in [0.5, 0.6) is 0 Å². The Morgan fingerprint density at radius 2 is 0.921 bits per heavy atom. The lowest BCUT2D eigenvalue weighted by molar-refractivity contribution is -0.163. The normalized spacial score (nSPS) is 16.1. The number of hydrogen-bond donors (Lipinski definition) is 3. The maximum absolute atomic E-state index is 14.3. The monoisotopic (exact) mass is 1080 g/mol. The average molecular weight is 1080 g/mol. The van der Waals surface area contributed by atoms with E-state index in [-0.39, 0.29) is 78.2 Å². The molecule has 21 heteroatoms. The standard InChI is InChI=1S/C55H93N7O14/c1-51(2,3)72-45(65)36-59-27-29-60(37-46(66)73-52(4,5)6)31-33-62(34-32-61(30-28-59)38-47(67)74-53(7,8)9)42(49(69)76-55(13,14)15)24-25-43(63)57-35-44(64)58-41(48(68)75-54(10,11)12)23-19-20-26-56-50(70)71-39-40-21-17-16-18-22-40/h16-18,21-22,41-42H,19-20,23-39H2,1-15H3,(H,56,70)(H,57,63)(H,58,64)/t41-,42?/m0/s1. The van der Waals surface area contributed by atoms with E-state index in [2.05, 4.69) is 16.0 Å². The summed E-state index contributed by atoms with van der Waals surface area (Å²) < 4.78 is 33.9. The van der Waals surface area contributed by atoms with Crippen LogP contribution < -0.4 is 16.0 Å². The minimum Gasteiger partial charge on any atom is -0.459 e. The zero-order valence-corrected chi connectivity index (χ0v) is 48.5. The molecule has 3 N–H and O–H groups in total. The second-order valence-electron chi connectivity index (χ2n) is 24.1. The number of rotatable bonds is 22. The molecule has 0 spiro atoms. The van der Waals surface area contributed by atoms with Crippen molar-refractivity contribution in [2.45, 2.75) is 183 Å².